The molecule has 6 atom stereocenters. The fourth-order valence-electron chi connectivity index (χ4n) is 3.30. The van der Waals surface area contributed by atoms with Gasteiger partial charge in [-0.25, -0.2) is 4.79 Å². The van der Waals surface area contributed by atoms with Gasteiger partial charge in [-0.2, -0.15) is 11.8 Å². The molecule has 0 aromatic carbocycles. The standard InChI is InChI=1S/C23H45N5O5S/c1-6-14(3)18(27-20(29)16(25)11-13-34-5)22(31)26-17(10-8-9-12-24)21(30)28-19(23(32)33)15(4)7-2/h14-19H,6-13,24-25H2,1-5H3,(H,26,31)(H,27,29)(H,28,30)(H,32,33). The lowest BCUT2D eigenvalue weighted by Gasteiger charge is -2.28. The van der Waals surface area contributed by atoms with Gasteiger partial charge in [-0.1, -0.05) is 40.5 Å². The Morgan fingerprint density at radius 3 is 1.91 bits per heavy atom. The maximum Gasteiger partial charge on any atom is 0.326 e. The van der Waals surface area contributed by atoms with Crippen LogP contribution >= 0.6 is 11.8 Å². The SMILES string of the molecule is CCC(C)C(NC(=O)C(CCCCN)NC(=O)C(NC(=O)C(N)CCSC)C(C)CC)C(=O)O. The zero-order valence-corrected chi connectivity index (χ0v) is 22.1. The highest BCUT2D eigenvalue weighted by Gasteiger charge is 2.33. The Morgan fingerprint density at radius 2 is 1.41 bits per heavy atom. The number of carboxylic acids is 1. The minimum atomic E-state index is -1.13. The Balaban J connectivity index is 5.56. The van der Waals surface area contributed by atoms with Crippen LogP contribution in [-0.4, -0.2) is 71.5 Å². The fraction of sp³-hybridized carbons (Fsp3) is 0.826. The average Bonchev–Trinajstić information content (AvgIpc) is 2.81. The van der Waals surface area contributed by atoms with Crippen LogP contribution in [0.15, 0.2) is 0 Å². The van der Waals surface area contributed by atoms with Gasteiger partial charge in [0.05, 0.1) is 6.04 Å². The summed E-state index contributed by atoms with van der Waals surface area (Å²) in [7, 11) is 0. The van der Waals surface area contributed by atoms with E-state index in [-0.39, 0.29) is 11.8 Å². The molecular weight excluding hydrogens is 458 g/mol. The van der Waals surface area contributed by atoms with Crippen LogP contribution in [0, 0.1) is 11.8 Å². The maximum atomic E-state index is 13.2. The molecule has 0 aliphatic heterocycles. The molecule has 34 heavy (non-hydrogen) atoms. The van der Waals surface area contributed by atoms with Crippen molar-refractivity contribution >= 4 is 35.5 Å². The second-order valence-corrected chi connectivity index (χ2v) is 9.80. The lowest BCUT2D eigenvalue weighted by Crippen LogP contribution is -2.59. The van der Waals surface area contributed by atoms with Gasteiger partial charge in [-0.05, 0) is 56.1 Å². The molecule has 11 heteroatoms. The molecule has 0 heterocycles. The normalized spacial score (nSPS) is 16.4. The summed E-state index contributed by atoms with van der Waals surface area (Å²) in [4.78, 5) is 50.4. The molecule has 0 spiro atoms. The van der Waals surface area contributed by atoms with Crippen molar-refractivity contribution in [2.45, 2.75) is 90.4 Å². The number of hydrogen-bond donors (Lipinski definition) is 6. The van der Waals surface area contributed by atoms with Crippen LogP contribution in [0.2, 0.25) is 0 Å². The number of carboxylic acid groups (broad SMARTS) is 1. The van der Waals surface area contributed by atoms with Gasteiger partial charge in [0.2, 0.25) is 17.7 Å². The Morgan fingerprint density at radius 1 is 0.853 bits per heavy atom. The largest absolute Gasteiger partial charge is 0.480 e. The van der Waals surface area contributed by atoms with Crippen molar-refractivity contribution in [3.05, 3.63) is 0 Å². The zero-order chi connectivity index (χ0) is 26.3. The number of rotatable bonds is 18. The summed E-state index contributed by atoms with van der Waals surface area (Å²) in [6.07, 6.45) is 5.14. The van der Waals surface area contributed by atoms with E-state index in [1.165, 1.54) is 0 Å². The molecule has 0 aromatic rings. The van der Waals surface area contributed by atoms with Gasteiger partial charge in [0.25, 0.3) is 0 Å². The van der Waals surface area contributed by atoms with Crippen LogP contribution in [0.25, 0.3) is 0 Å². The van der Waals surface area contributed by atoms with E-state index in [0.717, 1.165) is 5.75 Å². The summed E-state index contributed by atoms with van der Waals surface area (Å²) in [6, 6.07) is -3.61. The number of hydrogen-bond acceptors (Lipinski definition) is 7. The van der Waals surface area contributed by atoms with Gasteiger partial charge in [0.1, 0.15) is 18.1 Å². The van der Waals surface area contributed by atoms with Gasteiger partial charge in [0, 0.05) is 0 Å². The van der Waals surface area contributed by atoms with Crippen LogP contribution < -0.4 is 27.4 Å². The first-order valence-corrected chi connectivity index (χ1v) is 13.5. The quantitative estimate of drug-likeness (QED) is 0.149. The van der Waals surface area contributed by atoms with Gasteiger partial charge in [0.15, 0.2) is 0 Å². The van der Waals surface area contributed by atoms with Gasteiger partial charge in [-0.15, -0.1) is 0 Å². The average molecular weight is 504 g/mol. The van der Waals surface area contributed by atoms with E-state index in [1.807, 2.05) is 27.0 Å². The van der Waals surface area contributed by atoms with Crippen molar-refractivity contribution in [2.75, 3.05) is 18.6 Å². The number of carbonyl (C=O) groups excluding carboxylic acids is 3. The van der Waals surface area contributed by atoms with Crippen molar-refractivity contribution < 1.29 is 24.3 Å². The Labute approximate surface area is 208 Å². The van der Waals surface area contributed by atoms with Gasteiger partial charge < -0.3 is 32.5 Å². The first-order chi connectivity index (χ1) is 16.0. The van der Waals surface area contributed by atoms with Crippen LogP contribution in [0.3, 0.4) is 0 Å². The molecule has 8 N–H and O–H groups in total. The predicted molar refractivity (Wildman–Crippen MR) is 136 cm³/mol. The lowest BCUT2D eigenvalue weighted by atomic mass is 9.96. The molecule has 0 fully saturated rings. The summed E-state index contributed by atoms with van der Waals surface area (Å²) in [5.41, 5.74) is 11.5. The third-order valence-electron chi connectivity index (χ3n) is 6.12. The third-order valence-corrected chi connectivity index (χ3v) is 6.76. The predicted octanol–water partition coefficient (Wildman–Crippen LogP) is 0.827. The monoisotopic (exact) mass is 503 g/mol. The van der Waals surface area contributed by atoms with E-state index in [1.54, 1.807) is 18.7 Å². The van der Waals surface area contributed by atoms with Crippen molar-refractivity contribution in [3.63, 3.8) is 0 Å². The van der Waals surface area contributed by atoms with E-state index in [0.29, 0.717) is 45.1 Å². The summed E-state index contributed by atoms with van der Waals surface area (Å²) >= 11 is 1.58. The second kappa shape index (κ2) is 17.6. The molecule has 0 aliphatic carbocycles. The molecule has 10 nitrogen and oxygen atoms in total. The number of amides is 3. The highest BCUT2D eigenvalue weighted by atomic mass is 32.2. The number of unbranched alkanes of at least 4 members (excludes halogenated alkanes) is 1. The fourth-order valence-corrected chi connectivity index (χ4v) is 3.79. The summed E-state index contributed by atoms with van der Waals surface area (Å²) < 4.78 is 0. The number of nitrogens with one attached hydrogen (secondary N) is 3. The number of thioether (sulfide) groups is 1. The van der Waals surface area contributed by atoms with E-state index in [9.17, 15) is 24.3 Å². The van der Waals surface area contributed by atoms with Crippen molar-refractivity contribution in [1.29, 1.82) is 0 Å². The minimum Gasteiger partial charge on any atom is -0.480 e. The summed E-state index contributed by atoms with van der Waals surface area (Å²) in [5, 5.41) is 17.6. The summed E-state index contributed by atoms with van der Waals surface area (Å²) in [5.74, 6) is -2.36. The Kier molecular flexibility index (Phi) is 16.6. The highest BCUT2D eigenvalue weighted by Crippen LogP contribution is 2.12. The Hall–Kier alpha value is -1.85. The maximum absolute atomic E-state index is 13.2. The molecule has 0 aromatic heterocycles. The molecule has 0 radical (unpaired) electrons. The van der Waals surface area contributed by atoms with Crippen molar-refractivity contribution in [3.8, 4) is 0 Å². The van der Waals surface area contributed by atoms with Crippen molar-refractivity contribution in [1.82, 2.24) is 16.0 Å². The molecule has 0 saturated carbocycles. The lowest BCUT2D eigenvalue weighted by molar-refractivity contribution is -0.144. The second-order valence-electron chi connectivity index (χ2n) is 8.82. The zero-order valence-electron chi connectivity index (χ0n) is 21.3. The number of carbonyl (C=O) groups is 4. The van der Waals surface area contributed by atoms with Crippen LogP contribution in [-0.2, 0) is 19.2 Å². The first-order valence-electron chi connectivity index (χ1n) is 12.1. The highest BCUT2D eigenvalue weighted by molar-refractivity contribution is 7.98. The molecule has 0 bridgehead atoms. The minimum absolute atomic E-state index is 0.198. The van der Waals surface area contributed by atoms with Crippen LogP contribution in [0.4, 0.5) is 0 Å². The van der Waals surface area contributed by atoms with Gasteiger partial charge in [-0.3, -0.25) is 14.4 Å². The van der Waals surface area contributed by atoms with E-state index < -0.39 is 47.9 Å². The molecule has 0 saturated heterocycles. The summed E-state index contributed by atoms with van der Waals surface area (Å²) in [6.45, 7) is 7.77. The van der Waals surface area contributed by atoms with E-state index in [2.05, 4.69) is 16.0 Å². The van der Waals surface area contributed by atoms with Crippen LogP contribution in [0.5, 0.6) is 0 Å². The smallest absolute Gasteiger partial charge is 0.326 e. The molecule has 0 rings (SSSR count). The molecule has 3 amide bonds. The van der Waals surface area contributed by atoms with Gasteiger partial charge >= 0.3 is 5.97 Å². The number of nitrogens with two attached hydrogens (primary N) is 2. The molecule has 0 aliphatic rings. The van der Waals surface area contributed by atoms with E-state index in [4.69, 9.17) is 11.5 Å². The molecule has 6 unspecified atom stereocenters. The molecule has 198 valence electrons. The first kappa shape index (κ1) is 32.1. The Bertz CT molecular complexity index is 651. The topological polar surface area (TPSA) is 177 Å². The van der Waals surface area contributed by atoms with Crippen LogP contribution in [0.1, 0.15) is 66.2 Å². The van der Waals surface area contributed by atoms with E-state index >= 15 is 0 Å². The van der Waals surface area contributed by atoms with Crippen molar-refractivity contribution in [2.24, 2.45) is 23.3 Å². The number of aliphatic carboxylic acids is 1. The third kappa shape index (κ3) is 11.5. The molecular formula is C23H45N5O5S.